The van der Waals surface area contributed by atoms with Crippen molar-refractivity contribution in [3.05, 3.63) is 42.6 Å². The standard InChI is InChI=1S/C42H55F3N6O9S/c1-25-9-6-7-10-27-23-41(27,37(54)49-61(56,57)40(5)14-15-40)48-34(52)32-22-28(59-35-30-11-8-12-31(29(30)13-16-46-35)50-17-19-58-20-18-50)24-51(32)36(53)33(26(2)21-25)47-38(55)60-39(3,4)42(43,44)45/h7-8,10-13,16,25-28,32-33H,6,9,14-15,17-24H2,1-5H3,(H,47,55)(H,48,52)(H,49,54)/b10-7-/t25-,26-,27-,28-,32+,33+,41-/m1/s1. The number of allylic oxidation sites excluding steroid dienone is 1. The highest BCUT2D eigenvalue weighted by atomic mass is 32.2. The van der Waals surface area contributed by atoms with E-state index in [0.717, 1.165) is 11.1 Å². The van der Waals surface area contributed by atoms with Crippen LogP contribution in [-0.4, -0.2) is 115 Å². The molecule has 1 aromatic heterocycles. The predicted molar refractivity (Wildman–Crippen MR) is 218 cm³/mol. The number of morpholine rings is 1. The largest absolute Gasteiger partial charge is 0.472 e. The number of aromatic nitrogens is 1. The first-order chi connectivity index (χ1) is 28.6. The van der Waals surface area contributed by atoms with E-state index in [9.17, 15) is 40.8 Å². The monoisotopic (exact) mass is 876 g/mol. The summed E-state index contributed by atoms with van der Waals surface area (Å²) < 4.78 is 85.9. The normalized spacial score (nSPS) is 30.2. The van der Waals surface area contributed by atoms with Gasteiger partial charge in [0.1, 0.15) is 23.7 Å². The Morgan fingerprint density at radius 3 is 2.46 bits per heavy atom. The Kier molecular flexibility index (Phi) is 12.1. The number of pyridine rings is 1. The number of alkyl halides is 3. The number of hydrogen-bond donors (Lipinski definition) is 3. The van der Waals surface area contributed by atoms with Crippen molar-refractivity contribution < 1.29 is 55.0 Å². The molecule has 0 spiro atoms. The summed E-state index contributed by atoms with van der Waals surface area (Å²) in [5.74, 6) is -3.40. The third-order valence-electron chi connectivity index (χ3n) is 12.9. The van der Waals surface area contributed by atoms with Crippen molar-refractivity contribution in [1.29, 1.82) is 0 Å². The molecule has 0 bridgehead atoms. The van der Waals surface area contributed by atoms with E-state index in [2.05, 4.69) is 25.2 Å². The van der Waals surface area contributed by atoms with Gasteiger partial charge in [0.15, 0.2) is 0 Å². The van der Waals surface area contributed by atoms with E-state index >= 15 is 0 Å². The summed E-state index contributed by atoms with van der Waals surface area (Å²) in [6.45, 7) is 8.90. The van der Waals surface area contributed by atoms with Gasteiger partial charge in [0.25, 0.3) is 5.91 Å². The number of carbonyl (C=O) groups is 4. The highest BCUT2D eigenvalue weighted by molar-refractivity contribution is 7.91. The second-order valence-corrected chi connectivity index (χ2v) is 20.3. The molecule has 1 aromatic carbocycles. The van der Waals surface area contributed by atoms with Gasteiger partial charge in [-0.15, -0.1) is 0 Å². The summed E-state index contributed by atoms with van der Waals surface area (Å²) >= 11 is 0. The van der Waals surface area contributed by atoms with Crippen molar-refractivity contribution in [1.82, 2.24) is 25.2 Å². The van der Waals surface area contributed by atoms with Gasteiger partial charge in [0, 0.05) is 48.1 Å². The van der Waals surface area contributed by atoms with Crippen LogP contribution in [0.3, 0.4) is 0 Å². The van der Waals surface area contributed by atoms with E-state index in [4.69, 9.17) is 14.2 Å². The topological polar surface area (TPSA) is 186 Å². The molecule has 4 fully saturated rings. The predicted octanol–water partition coefficient (Wildman–Crippen LogP) is 4.74. The van der Waals surface area contributed by atoms with Crippen molar-refractivity contribution in [2.45, 2.75) is 120 Å². The molecule has 7 rings (SSSR count). The molecule has 4 amide bonds. The Labute approximate surface area is 353 Å². The number of ether oxygens (including phenoxy) is 3. The fourth-order valence-electron chi connectivity index (χ4n) is 8.54. The lowest BCUT2D eigenvalue weighted by atomic mass is 9.88. The third-order valence-corrected chi connectivity index (χ3v) is 15.1. The molecule has 3 N–H and O–H groups in total. The van der Waals surface area contributed by atoms with Crippen LogP contribution in [0, 0.1) is 17.8 Å². The zero-order chi connectivity index (χ0) is 44.1. The van der Waals surface area contributed by atoms with E-state index in [1.165, 1.54) is 4.90 Å². The van der Waals surface area contributed by atoms with E-state index in [-0.39, 0.29) is 31.2 Å². The minimum absolute atomic E-state index is 0.0359. The summed E-state index contributed by atoms with van der Waals surface area (Å²) in [4.78, 5) is 64.6. The SMILES string of the molecule is C[C@@H]1CC/C=C\[C@@H]2C[C@@]2(C(=O)NS(=O)(=O)C2(C)CC2)NC(=O)[C@@H]2C[C@@H](Oc3nccc4c(N5CCOCC5)cccc34)CN2C(=O)[C@@H](NC(=O)OC(C)(C)C(F)(F)F)[C@H](C)C1. The lowest BCUT2D eigenvalue weighted by Crippen LogP contribution is -2.59. The highest BCUT2D eigenvalue weighted by Crippen LogP contribution is 2.48. The molecular formula is C42H55F3N6O9S. The molecule has 2 aliphatic carbocycles. The smallest absolute Gasteiger partial charge is 0.427 e. The van der Waals surface area contributed by atoms with Gasteiger partial charge >= 0.3 is 12.3 Å². The zero-order valence-electron chi connectivity index (χ0n) is 35.0. The maximum atomic E-state index is 14.9. The lowest BCUT2D eigenvalue weighted by Gasteiger charge is -2.34. The van der Waals surface area contributed by atoms with Gasteiger partial charge in [-0.05, 0) is 89.3 Å². The van der Waals surface area contributed by atoms with Gasteiger partial charge in [-0.3, -0.25) is 19.1 Å². The first kappa shape index (κ1) is 44.4. The second kappa shape index (κ2) is 16.6. The molecular weight excluding hydrogens is 822 g/mol. The lowest BCUT2D eigenvalue weighted by molar-refractivity contribution is -0.244. The molecule has 7 atom stereocenters. The second-order valence-electron chi connectivity index (χ2n) is 18.1. The Bertz CT molecular complexity index is 2180. The Morgan fingerprint density at radius 2 is 1.77 bits per heavy atom. The third kappa shape index (κ3) is 9.13. The number of halogens is 3. The van der Waals surface area contributed by atoms with Crippen molar-refractivity contribution in [3.63, 3.8) is 0 Å². The zero-order valence-corrected chi connectivity index (χ0v) is 35.9. The van der Waals surface area contributed by atoms with E-state index in [0.29, 0.717) is 77.6 Å². The minimum Gasteiger partial charge on any atom is -0.472 e. The number of fused-ring (bicyclic) bond motifs is 3. The Balaban J connectivity index is 1.22. The summed E-state index contributed by atoms with van der Waals surface area (Å²) in [5, 5.41) is 6.76. The van der Waals surface area contributed by atoms with Crippen LogP contribution in [0.15, 0.2) is 42.6 Å². The van der Waals surface area contributed by atoms with Crippen molar-refractivity contribution in [2.75, 3.05) is 37.7 Å². The summed E-state index contributed by atoms with van der Waals surface area (Å²) in [6, 6.07) is 4.84. The maximum absolute atomic E-state index is 14.9. The number of carbonyl (C=O) groups excluding carboxylic acids is 4. The van der Waals surface area contributed by atoms with Crippen molar-refractivity contribution in [2.24, 2.45) is 17.8 Å². The van der Waals surface area contributed by atoms with E-state index in [1.54, 1.807) is 26.1 Å². The fraction of sp³-hybridized carbons (Fsp3) is 0.643. The maximum Gasteiger partial charge on any atom is 0.427 e. The number of nitrogens with one attached hydrogen (secondary N) is 3. The number of rotatable bonds is 8. The minimum atomic E-state index is -4.91. The molecule has 15 nitrogen and oxygen atoms in total. The van der Waals surface area contributed by atoms with Crippen LogP contribution in [0.1, 0.15) is 79.6 Å². The number of anilines is 1. The molecule has 4 heterocycles. The van der Waals surface area contributed by atoms with E-state index in [1.807, 2.05) is 37.3 Å². The number of alkyl carbamates (subject to hydrolysis) is 1. The molecule has 19 heteroatoms. The van der Waals surface area contributed by atoms with Crippen LogP contribution >= 0.6 is 0 Å². The first-order valence-electron chi connectivity index (χ1n) is 20.9. The van der Waals surface area contributed by atoms with Crippen LogP contribution in [0.25, 0.3) is 10.8 Å². The number of amides is 4. The number of hydrogen-bond acceptors (Lipinski definition) is 11. The summed E-state index contributed by atoms with van der Waals surface area (Å²) in [7, 11) is -4.08. The highest BCUT2D eigenvalue weighted by Gasteiger charge is 2.63. The van der Waals surface area contributed by atoms with Gasteiger partial charge in [-0.25, -0.2) is 18.2 Å². The number of benzene rings is 1. The van der Waals surface area contributed by atoms with Crippen LogP contribution < -0.4 is 25.0 Å². The quantitative estimate of drug-likeness (QED) is 0.311. The Hall–Kier alpha value is -4.65. The average Bonchev–Trinajstić information content (AvgIpc) is 4.08. The fourth-order valence-corrected chi connectivity index (χ4v) is 9.85. The molecule has 61 heavy (non-hydrogen) atoms. The van der Waals surface area contributed by atoms with Gasteiger partial charge in [-0.1, -0.05) is 32.1 Å². The van der Waals surface area contributed by atoms with Gasteiger partial charge in [0.05, 0.1) is 24.5 Å². The average molecular weight is 877 g/mol. The van der Waals surface area contributed by atoms with Gasteiger partial charge in [-0.2, -0.15) is 13.2 Å². The summed E-state index contributed by atoms with van der Waals surface area (Å²) in [5.41, 5.74) is -3.57. The van der Waals surface area contributed by atoms with Gasteiger partial charge < -0.3 is 34.6 Å². The van der Waals surface area contributed by atoms with Crippen molar-refractivity contribution >= 4 is 50.3 Å². The number of sulfonamides is 1. The van der Waals surface area contributed by atoms with Crippen LogP contribution in [0.4, 0.5) is 23.7 Å². The molecule has 0 radical (unpaired) electrons. The molecule has 2 aromatic rings. The molecule has 2 saturated carbocycles. The molecule has 2 saturated heterocycles. The van der Waals surface area contributed by atoms with Crippen LogP contribution in [0.5, 0.6) is 5.88 Å². The molecule has 334 valence electrons. The molecule has 0 unspecified atom stereocenters. The van der Waals surface area contributed by atoms with Crippen molar-refractivity contribution in [3.8, 4) is 5.88 Å². The van der Waals surface area contributed by atoms with Crippen LogP contribution in [0.2, 0.25) is 0 Å². The van der Waals surface area contributed by atoms with Gasteiger partial charge in [0.2, 0.25) is 33.3 Å². The van der Waals surface area contributed by atoms with Crippen LogP contribution in [-0.2, 0) is 33.9 Å². The first-order valence-corrected chi connectivity index (χ1v) is 22.4. The summed E-state index contributed by atoms with van der Waals surface area (Å²) in [6.07, 6.45) is 0.334. The van der Waals surface area contributed by atoms with E-state index < -0.39 is 85.9 Å². The number of nitrogens with zero attached hydrogens (tertiary/aromatic N) is 3. The molecule has 5 aliphatic rings. The molecule has 3 aliphatic heterocycles. The Morgan fingerprint density at radius 1 is 1.05 bits per heavy atom.